The van der Waals surface area contributed by atoms with Crippen molar-refractivity contribution in [3.05, 3.63) is 34.7 Å². The van der Waals surface area contributed by atoms with E-state index in [2.05, 4.69) is 9.97 Å². The first-order valence-electron chi connectivity index (χ1n) is 9.07. The largest absolute Gasteiger partial charge is 0.377 e. The molecule has 0 spiro atoms. The van der Waals surface area contributed by atoms with Gasteiger partial charge in [0.1, 0.15) is 4.75 Å². The van der Waals surface area contributed by atoms with E-state index >= 15 is 0 Å². The number of sulfone groups is 1. The minimum atomic E-state index is -3.41. The van der Waals surface area contributed by atoms with E-state index < -0.39 is 14.6 Å². The normalized spacial score (nSPS) is 18.4. The van der Waals surface area contributed by atoms with E-state index in [1.54, 1.807) is 32.2 Å². The Morgan fingerprint density at radius 1 is 1.29 bits per heavy atom. The fourth-order valence-corrected chi connectivity index (χ4v) is 3.73. The summed E-state index contributed by atoms with van der Waals surface area (Å²) in [6.07, 6.45) is 2.87. The van der Waals surface area contributed by atoms with Crippen molar-refractivity contribution in [3.8, 4) is 11.3 Å². The van der Waals surface area contributed by atoms with Crippen LogP contribution in [0.5, 0.6) is 0 Å². The number of halogens is 1. The van der Waals surface area contributed by atoms with E-state index in [1.807, 2.05) is 18.7 Å². The van der Waals surface area contributed by atoms with Gasteiger partial charge in [0.05, 0.1) is 35.7 Å². The minimum absolute atomic E-state index is 0.0739. The number of ether oxygens (including phenoxy) is 1. The Balaban J connectivity index is 2.22. The van der Waals surface area contributed by atoms with Crippen molar-refractivity contribution in [2.75, 3.05) is 30.9 Å². The Morgan fingerprint density at radius 3 is 2.61 bits per heavy atom. The van der Waals surface area contributed by atoms with Crippen molar-refractivity contribution < 1.29 is 13.2 Å². The lowest BCUT2D eigenvalue weighted by Gasteiger charge is -2.34. The number of aromatic nitrogens is 3. The zero-order chi connectivity index (χ0) is 20.7. The second kappa shape index (κ2) is 7.57. The van der Waals surface area contributed by atoms with Crippen LogP contribution in [0.2, 0.25) is 5.02 Å². The molecule has 2 aromatic heterocycles. The maximum absolute atomic E-state index is 12.4. The second-order valence-corrected chi connectivity index (χ2v) is 10.6. The monoisotopic (exact) mass is 424 g/mol. The number of nitrogens with zero attached hydrogens (tertiary/aromatic N) is 4. The lowest BCUT2D eigenvalue weighted by molar-refractivity contribution is 0.0980. The van der Waals surface area contributed by atoms with Crippen LogP contribution in [0.15, 0.2) is 18.3 Å². The van der Waals surface area contributed by atoms with E-state index in [1.165, 1.54) is 6.26 Å². The first kappa shape index (κ1) is 21.0. The molecule has 28 heavy (non-hydrogen) atoms. The van der Waals surface area contributed by atoms with Gasteiger partial charge in [-0.1, -0.05) is 11.6 Å². The highest BCUT2D eigenvalue weighted by Crippen LogP contribution is 2.34. The summed E-state index contributed by atoms with van der Waals surface area (Å²) in [5.41, 5.74) is 2.40. The molecule has 2 aromatic rings. The minimum Gasteiger partial charge on any atom is -0.377 e. The summed E-state index contributed by atoms with van der Waals surface area (Å²) >= 11 is 6.44. The van der Waals surface area contributed by atoms with Gasteiger partial charge < -0.3 is 9.64 Å². The molecule has 0 bridgehead atoms. The van der Waals surface area contributed by atoms with Crippen molar-refractivity contribution in [2.45, 2.75) is 38.5 Å². The highest BCUT2D eigenvalue weighted by atomic mass is 35.5. The molecule has 0 radical (unpaired) electrons. The Labute approximate surface area is 171 Å². The molecule has 9 heteroatoms. The molecule has 3 heterocycles. The van der Waals surface area contributed by atoms with Crippen molar-refractivity contribution in [3.63, 3.8) is 0 Å². The Morgan fingerprint density at radius 2 is 2.00 bits per heavy atom. The predicted molar refractivity (Wildman–Crippen MR) is 111 cm³/mol. The van der Waals surface area contributed by atoms with Gasteiger partial charge in [-0.15, -0.1) is 0 Å². The summed E-state index contributed by atoms with van der Waals surface area (Å²) in [7, 11) is -3.41. The van der Waals surface area contributed by atoms with Gasteiger partial charge in [0.15, 0.2) is 9.84 Å². The highest BCUT2D eigenvalue weighted by Gasteiger charge is 2.36. The highest BCUT2D eigenvalue weighted by molar-refractivity contribution is 7.91. The molecule has 0 aliphatic carbocycles. The van der Waals surface area contributed by atoms with Crippen molar-refractivity contribution in [1.29, 1.82) is 0 Å². The summed E-state index contributed by atoms with van der Waals surface area (Å²) in [5, 5.41) is 0.510. The van der Waals surface area contributed by atoms with Crippen LogP contribution < -0.4 is 4.90 Å². The number of hydrogen-bond acceptors (Lipinski definition) is 7. The lowest BCUT2D eigenvalue weighted by atomic mass is 10.1. The molecule has 3 rings (SSSR count). The van der Waals surface area contributed by atoms with Crippen LogP contribution in [0.25, 0.3) is 11.3 Å². The quantitative estimate of drug-likeness (QED) is 0.745. The van der Waals surface area contributed by atoms with E-state index in [-0.39, 0.29) is 6.04 Å². The first-order chi connectivity index (χ1) is 13.0. The molecule has 0 unspecified atom stereocenters. The van der Waals surface area contributed by atoms with Gasteiger partial charge in [-0.3, -0.25) is 4.98 Å². The Bertz CT molecular complexity index is 995. The average Bonchev–Trinajstić information content (AvgIpc) is 2.60. The van der Waals surface area contributed by atoms with Gasteiger partial charge in [0.2, 0.25) is 5.95 Å². The molecule has 0 aromatic carbocycles. The first-order valence-corrected chi connectivity index (χ1v) is 11.3. The van der Waals surface area contributed by atoms with E-state index in [0.29, 0.717) is 47.7 Å². The van der Waals surface area contributed by atoms with E-state index in [0.717, 1.165) is 5.69 Å². The standard InChI is InChI=1S/C19H25ClN4O3S/c1-12-8-15(20)14(10-21-12)16-9-17(19(3,4)28(5,25)26)23-18(22-16)24-6-7-27-11-13(24)2/h8-10,13H,6-7,11H2,1-5H3/t13-/m1/s1. The maximum Gasteiger partial charge on any atom is 0.226 e. The molecule has 1 fully saturated rings. The Hall–Kier alpha value is -1.77. The van der Waals surface area contributed by atoms with E-state index in [4.69, 9.17) is 21.3 Å². The van der Waals surface area contributed by atoms with E-state index in [9.17, 15) is 8.42 Å². The van der Waals surface area contributed by atoms with Gasteiger partial charge in [-0.25, -0.2) is 18.4 Å². The molecule has 1 saturated heterocycles. The SMILES string of the molecule is Cc1cc(Cl)c(-c2cc(C(C)(C)S(C)(=O)=O)nc(N3CCOC[C@H]3C)n2)cn1. The molecule has 1 aliphatic rings. The number of aryl methyl sites for hydroxylation is 1. The zero-order valence-electron chi connectivity index (χ0n) is 16.7. The van der Waals surface area contributed by atoms with Crippen LogP contribution in [-0.4, -0.2) is 55.4 Å². The summed E-state index contributed by atoms with van der Waals surface area (Å²) < 4.78 is 29.2. The molecule has 7 nitrogen and oxygen atoms in total. The summed E-state index contributed by atoms with van der Waals surface area (Å²) in [5.74, 6) is 0.469. The smallest absolute Gasteiger partial charge is 0.226 e. The summed E-state index contributed by atoms with van der Waals surface area (Å²) in [4.78, 5) is 15.7. The molecule has 152 valence electrons. The van der Waals surface area contributed by atoms with Crippen LogP contribution in [0.1, 0.15) is 32.2 Å². The molecular weight excluding hydrogens is 400 g/mol. The maximum atomic E-state index is 12.4. The van der Waals surface area contributed by atoms with Crippen molar-refractivity contribution in [2.24, 2.45) is 0 Å². The topological polar surface area (TPSA) is 85.3 Å². The second-order valence-electron chi connectivity index (χ2n) is 7.64. The zero-order valence-corrected chi connectivity index (χ0v) is 18.3. The van der Waals surface area contributed by atoms with Gasteiger partial charge in [0, 0.05) is 30.3 Å². The van der Waals surface area contributed by atoms with Gasteiger partial charge >= 0.3 is 0 Å². The molecule has 1 atom stereocenters. The third kappa shape index (κ3) is 3.99. The summed E-state index contributed by atoms with van der Waals surface area (Å²) in [6, 6.07) is 3.52. The fraction of sp³-hybridized carbons (Fsp3) is 0.526. The van der Waals surface area contributed by atoms with Gasteiger partial charge in [0.25, 0.3) is 0 Å². The fourth-order valence-electron chi connectivity index (χ4n) is 2.94. The number of anilines is 1. The van der Waals surface area contributed by atoms with Crippen molar-refractivity contribution in [1.82, 2.24) is 15.0 Å². The van der Waals surface area contributed by atoms with Crippen LogP contribution in [0, 0.1) is 6.92 Å². The lowest BCUT2D eigenvalue weighted by Crippen LogP contribution is -2.45. The summed E-state index contributed by atoms with van der Waals surface area (Å²) in [6.45, 7) is 8.93. The molecule has 0 amide bonds. The van der Waals surface area contributed by atoms with Gasteiger partial charge in [-0.2, -0.15) is 0 Å². The number of hydrogen-bond donors (Lipinski definition) is 0. The third-order valence-corrected chi connectivity index (χ3v) is 7.52. The Kier molecular flexibility index (Phi) is 5.67. The van der Waals surface area contributed by atoms with Crippen molar-refractivity contribution >= 4 is 27.4 Å². The van der Waals surface area contributed by atoms with Crippen LogP contribution in [-0.2, 0) is 19.3 Å². The molecular formula is C19H25ClN4O3S. The number of morpholine rings is 1. The molecule has 0 saturated carbocycles. The third-order valence-electron chi connectivity index (χ3n) is 5.15. The van der Waals surface area contributed by atoms with Gasteiger partial charge in [-0.05, 0) is 39.8 Å². The van der Waals surface area contributed by atoms with Crippen LogP contribution in [0.4, 0.5) is 5.95 Å². The van der Waals surface area contributed by atoms with Crippen LogP contribution >= 0.6 is 11.6 Å². The van der Waals surface area contributed by atoms with Crippen LogP contribution in [0.3, 0.4) is 0 Å². The molecule has 1 aliphatic heterocycles. The molecule has 0 N–H and O–H groups in total. The average molecular weight is 425 g/mol. The number of rotatable bonds is 4. The predicted octanol–water partition coefficient (Wildman–Crippen LogP) is 3.01. The number of pyridine rings is 1.